The van der Waals surface area contributed by atoms with Crippen molar-refractivity contribution in [3.05, 3.63) is 59.2 Å². The standard InChI is InChI=1S/C16H16O4/c1-11-13(16(18)19-2)8-9-14(15(11)17)20-10-12-6-4-3-5-7-12/h3-9,17H,10H2,1-2H3. The molecule has 0 radical (unpaired) electrons. The molecule has 20 heavy (non-hydrogen) atoms. The minimum Gasteiger partial charge on any atom is -0.504 e. The number of esters is 1. The van der Waals surface area contributed by atoms with Crippen molar-refractivity contribution in [3.63, 3.8) is 0 Å². The van der Waals surface area contributed by atoms with Crippen LogP contribution in [-0.4, -0.2) is 18.2 Å². The van der Waals surface area contributed by atoms with E-state index in [0.717, 1.165) is 5.56 Å². The largest absolute Gasteiger partial charge is 0.504 e. The van der Waals surface area contributed by atoms with Gasteiger partial charge in [0.1, 0.15) is 6.61 Å². The zero-order valence-electron chi connectivity index (χ0n) is 11.4. The predicted molar refractivity (Wildman–Crippen MR) is 75.0 cm³/mol. The van der Waals surface area contributed by atoms with Crippen LogP contribution in [0.4, 0.5) is 0 Å². The van der Waals surface area contributed by atoms with Crippen LogP contribution in [0.25, 0.3) is 0 Å². The number of carbonyl (C=O) groups excluding carboxylic acids is 1. The average molecular weight is 272 g/mol. The fourth-order valence-corrected chi connectivity index (χ4v) is 1.86. The van der Waals surface area contributed by atoms with Crippen molar-refractivity contribution in [1.82, 2.24) is 0 Å². The summed E-state index contributed by atoms with van der Waals surface area (Å²) in [6, 6.07) is 12.8. The third-order valence-corrected chi connectivity index (χ3v) is 3.04. The van der Waals surface area contributed by atoms with Crippen LogP contribution >= 0.6 is 0 Å². The van der Waals surface area contributed by atoms with E-state index >= 15 is 0 Å². The molecule has 2 aromatic carbocycles. The molecular weight excluding hydrogens is 256 g/mol. The van der Waals surface area contributed by atoms with Crippen LogP contribution in [0.2, 0.25) is 0 Å². The molecule has 4 heteroatoms. The van der Waals surface area contributed by atoms with Gasteiger partial charge in [0.2, 0.25) is 0 Å². The number of benzene rings is 2. The number of aromatic hydroxyl groups is 1. The van der Waals surface area contributed by atoms with E-state index in [2.05, 4.69) is 4.74 Å². The molecular formula is C16H16O4. The lowest BCUT2D eigenvalue weighted by Gasteiger charge is -2.12. The molecule has 0 aromatic heterocycles. The second kappa shape index (κ2) is 6.10. The lowest BCUT2D eigenvalue weighted by Crippen LogP contribution is -2.05. The summed E-state index contributed by atoms with van der Waals surface area (Å²) in [4.78, 5) is 11.5. The van der Waals surface area contributed by atoms with E-state index in [1.807, 2.05) is 30.3 Å². The minimum absolute atomic E-state index is 0.0381. The summed E-state index contributed by atoms with van der Waals surface area (Å²) in [6.45, 7) is 2.00. The van der Waals surface area contributed by atoms with E-state index in [1.54, 1.807) is 19.1 Å². The number of methoxy groups -OCH3 is 1. The Morgan fingerprint density at radius 1 is 1.15 bits per heavy atom. The first-order valence-corrected chi connectivity index (χ1v) is 6.21. The van der Waals surface area contributed by atoms with Gasteiger partial charge in [0.25, 0.3) is 0 Å². The van der Waals surface area contributed by atoms with Gasteiger partial charge in [-0.2, -0.15) is 0 Å². The number of hydrogen-bond acceptors (Lipinski definition) is 4. The highest BCUT2D eigenvalue weighted by Gasteiger charge is 2.15. The summed E-state index contributed by atoms with van der Waals surface area (Å²) >= 11 is 0. The molecule has 1 N–H and O–H groups in total. The first-order chi connectivity index (χ1) is 9.63. The van der Waals surface area contributed by atoms with E-state index in [4.69, 9.17) is 4.74 Å². The van der Waals surface area contributed by atoms with Crippen molar-refractivity contribution < 1.29 is 19.4 Å². The van der Waals surface area contributed by atoms with Gasteiger partial charge in [-0.05, 0) is 24.6 Å². The minimum atomic E-state index is -0.479. The monoisotopic (exact) mass is 272 g/mol. The highest BCUT2D eigenvalue weighted by molar-refractivity contribution is 5.92. The second-order valence-electron chi connectivity index (χ2n) is 4.35. The molecule has 0 fully saturated rings. The first-order valence-electron chi connectivity index (χ1n) is 6.21. The third kappa shape index (κ3) is 2.91. The zero-order valence-corrected chi connectivity index (χ0v) is 11.4. The molecule has 0 atom stereocenters. The molecule has 2 rings (SSSR count). The van der Waals surface area contributed by atoms with Crippen LogP contribution in [0.15, 0.2) is 42.5 Å². The van der Waals surface area contributed by atoms with Crippen LogP contribution in [0.3, 0.4) is 0 Å². The highest BCUT2D eigenvalue weighted by Crippen LogP contribution is 2.32. The predicted octanol–water partition coefficient (Wildman–Crippen LogP) is 3.07. The molecule has 0 amide bonds. The fraction of sp³-hybridized carbons (Fsp3) is 0.188. The topological polar surface area (TPSA) is 55.8 Å². The maximum absolute atomic E-state index is 11.5. The van der Waals surface area contributed by atoms with Crippen molar-refractivity contribution in [2.45, 2.75) is 13.5 Å². The summed E-state index contributed by atoms with van der Waals surface area (Å²) in [5.41, 5.74) is 1.78. The number of ether oxygens (including phenoxy) is 2. The summed E-state index contributed by atoms with van der Waals surface area (Å²) in [7, 11) is 1.30. The van der Waals surface area contributed by atoms with Crippen LogP contribution in [0.5, 0.6) is 11.5 Å². The molecule has 4 nitrogen and oxygen atoms in total. The average Bonchev–Trinajstić information content (AvgIpc) is 2.49. The molecule has 0 aliphatic rings. The Labute approximate surface area is 117 Å². The lowest BCUT2D eigenvalue weighted by molar-refractivity contribution is 0.0599. The van der Waals surface area contributed by atoms with E-state index in [0.29, 0.717) is 23.5 Å². The molecule has 0 heterocycles. The van der Waals surface area contributed by atoms with Gasteiger partial charge in [-0.3, -0.25) is 0 Å². The number of rotatable bonds is 4. The van der Waals surface area contributed by atoms with E-state index in [9.17, 15) is 9.90 Å². The molecule has 104 valence electrons. The lowest BCUT2D eigenvalue weighted by atomic mass is 10.1. The number of carbonyl (C=O) groups is 1. The Hall–Kier alpha value is -2.49. The van der Waals surface area contributed by atoms with Crippen LogP contribution in [-0.2, 0) is 11.3 Å². The number of phenols is 1. The summed E-state index contributed by atoms with van der Waals surface area (Å²) < 4.78 is 10.2. The molecule has 0 bridgehead atoms. The van der Waals surface area contributed by atoms with Crippen molar-refractivity contribution in [2.24, 2.45) is 0 Å². The third-order valence-electron chi connectivity index (χ3n) is 3.04. The normalized spacial score (nSPS) is 10.1. The smallest absolute Gasteiger partial charge is 0.338 e. The van der Waals surface area contributed by atoms with Crippen LogP contribution in [0, 0.1) is 6.92 Å². The van der Waals surface area contributed by atoms with Gasteiger partial charge in [0.05, 0.1) is 12.7 Å². The van der Waals surface area contributed by atoms with Gasteiger partial charge in [-0.15, -0.1) is 0 Å². The highest BCUT2D eigenvalue weighted by atomic mass is 16.5. The van der Waals surface area contributed by atoms with Gasteiger partial charge in [0.15, 0.2) is 11.5 Å². The Balaban J connectivity index is 2.18. The molecule has 2 aromatic rings. The van der Waals surface area contributed by atoms with Crippen LogP contribution < -0.4 is 4.74 Å². The van der Waals surface area contributed by atoms with Gasteiger partial charge in [0, 0.05) is 5.56 Å². The fourth-order valence-electron chi connectivity index (χ4n) is 1.86. The van der Waals surface area contributed by atoms with E-state index in [-0.39, 0.29) is 5.75 Å². The SMILES string of the molecule is COC(=O)c1ccc(OCc2ccccc2)c(O)c1C. The quantitative estimate of drug-likeness (QED) is 0.869. The molecule has 0 spiro atoms. The second-order valence-corrected chi connectivity index (χ2v) is 4.35. The maximum atomic E-state index is 11.5. The maximum Gasteiger partial charge on any atom is 0.338 e. The Morgan fingerprint density at radius 2 is 1.85 bits per heavy atom. The van der Waals surface area contributed by atoms with E-state index < -0.39 is 5.97 Å². The molecule has 0 saturated heterocycles. The molecule has 0 aliphatic carbocycles. The zero-order chi connectivity index (χ0) is 14.5. The van der Waals surface area contributed by atoms with Gasteiger partial charge < -0.3 is 14.6 Å². The Kier molecular flexibility index (Phi) is 4.25. The van der Waals surface area contributed by atoms with Crippen molar-refractivity contribution in [1.29, 1.82) is 0 Å². The molecule has 0 unspecified atom stereocenters. The van der Waals surface area contributed by atoms with Gasteiger partial charge >= 0.3 is 5.97 Å². The van der Waals surface area contributed by atoms with Crippen molar-refractivity contribution in [3.8, 4) is 11.5 Å². The van der Waals surface area contributed by atoms with Crippen molar-refractivity contribution in [2.75, 3.05) is 7.11 Å². The summed E-state index contributed by atoms with van der Waals surface area (Å²) in [6.07, 6.45) is 0. The van der Waals surface area contributed by atoms with Gasteiger partial charge in [-0.25, -0.2) is 4.79 Å². The number of phenolic OH excluding ortho intramolecular Hbond substituents is 1. The number of hydrogen-bond donors (Lipinski definition) is 1. The Bertz CT molecular complexity index is 605. The Morgan fingerprint density at radius 3 is 2.50 bits per heavy atom. The van der Waals surface area contributed by atoms with Gasteiger partial charge in [-0.1, -0.05) is 30.3 Å². The van der Waals surface area contributed by atoms with Crippen LogP contribution in [0.1, 0.15) is 21.5 Å². The summed E-state index contributed by atoms with van der Waals surface area (Å²) in [5.74, 6) is -0.171. The summed E-state index contributed by atoms with van der Waals surface area (Å²) in [5, 5.41) is 10.1. The van der Waals surface area contributed by atoms with Crippen molar-refractivity contribution >= 4 is 5.97 Å². The molecule has 0 saturated carbocycles. The molecule has 0 aliphatic heterocycles. The van der Waals surface area contributed by atoms with E-state index in [1.165, 1.54) is 7.11 Å². The first kappa shape index (κ1) is 13.9.